The van der Waals surface area contributed by atoms with E-state index in [1.165, 1.54) is 0 Å². The third kappa shape index (κ3) is 3.86. The largest absolute Gasteiger partial charge is 0.446 e. The van der Waals surface area contributed by atoms with Crippen molar-refractivity contribution in [2.45, 2.75) is 98.8 Å². The lowest BCUT2D eigenvalue weighted by atomic mass is 9.37. The van der Waals surface area contributed by atoms with Gasteiger partial charge in [0.15, 0.2) is 0 Å². The van der Waals surface area contributed by atoms with Crippen LogP contribution in [-0.4, -0.2) is 30.6 Å². The highest BCUT2D eigenvalue weighted by Crippen LogP contribution is 2.41. The van der Waals surface area contributed by atoms with Gasteiger partial charge in [-0.2, -0.15) is 0 Å². The fraction of sp³-hybridized carbons (Fsp3) is 1.00. The van der Waals surface area contributed by atoms with Gasteiger partial charge < -0.3 is 14.0 Å². The van der Waals surface area contributed by atoms with E-state index in [1.807, 2.05) is 6.82 Å². The van der Waals surface area contributed by atoms with Crippen molar-refractivity contribution >= 4 is 13.8 Å². The van der Waals surface area contributed by atoms with Crippen molar-refractivity contribution in [2.75, 3.05) is 0 Å². The highest BCUT2D eigenvalue weighted by Gasteiger charge is 2.55. The maximum atomic E-state index is 6.38. The second-order valence-corrected chi connectivity index (χ2v) is 8.59. The molecule has 1 aliphatic heterocycles. The molecule has 0 aromatic rings. The van der Waals surface area contributed by atoms with Crippen LogP contribution in [0, 0.1) is 5.41 Å². The Balaban J connectivity index is 2.76. The molecular formula is C16H34B2O3. The van der Waals surface area contributed by atoms with Gasteiger partial charge >= 0.3 is 13.8 Å². The summed E-state index contributed by atoms with van der Waals surface area (Å²) in [5.41, 5.74) is -0.734. The van der Waals surface area contributed by atoms with Crippen LogP contribution >= 0.6 is 0 Å². The first-order chi connectivity index (χ1) is 9.26. The monoisotopic (exact) mass is 296 g/mol. The van der Waals surface area contributed by atoms with Gasteiger partial charge in [-0.3, -0.25) is 0 Å². The molecular weight excluding hydrogens is 262 g/mol. The molecule has 0 bridgehead atoms. The first-order valence-electron chi connectivity index (χ1n) is 8.29. The highest BCUT2D eigenvalue weighted by atomic mass is 16.7. The minimum absolute atomic E-state index is 0.0998. The molecule has 0 aromatic carbocycles. The lowest BCUT2D eigenvalue weighted by molar-refractivity contribution is -0.0174. The number of hydrogen-bond acceptors (Lipinski definition) is 3. The average Bonchev–Trinajstić information content (AvgIpc) is 2.47. The van der Waals surface area contributed by atoms with Gasteiger partial charge in [-0.1, -0.05) is 34.0 Å². The molecule has 0 N–H and O–H groups in total. The second-order valence-electron chi connectivity index (χ2n) is 8.59. The summed E-state index contributed by atoms with van der Waals surface area (Å²) in [6, 6.07) is 0. The molecule has 122 valence electrons. The Hall–Kier alpha value is 0.00987. The first-order valence-corrected chi connectivity index (χ1v) is 8.29. The Labute approximate surface area is 132 Å². The molecule has 0 atom stereocenters. The van der Waals surface area contributed by atoms with Crippen LogP contribution in [0.15, 0.2) is 0 Å². The third-order valence-corrected chi connectivity index (χ3v) is 5.64. The zero-order valence-corrected chi connectivity index (χ0v) is 15.8. The molecule has 0 aliphatic carbocycles. The van der Waals surface area contributed by atoms with Crippen molar-refractivity contribution in [1.82, 2.24) is 0 Å². The van der Waals surface area contributed by atoms with Crippen molar-refractivity contribution in [3.8, 4) is 0 Å². The molecule has 0 saturated carbocycles. The van der Waals surface area contributed by atoms with Crippen molar-refractivity contribution in [2.24, 2.45) is 5.41 Å². The van der Waals surface area contributed by atoms with E-state index in [4.69, 9.17) is 14.0 Å². The fourth-order valence-electron chi connectivity index (χ4n) is 2.69. The predicted octanol–water partition coefficient (Wildman–Crippen LogP) is 4.40. The van der Waals surface area contributed by atoms with Crippen molar-refractivity contribution < 1.29 is 14.0 Å². The molecule has 0 spiro atoms. The molecule has 0 aromatic heterocycles. The van der Waals surface area contributed by atoms with Gasteiger partial charge in [0.05, 0.1) is 16.8 Å². The Morgan fingerprint density at radius 2 is 1.43 bits per heavy atom. The maximum Gasteiger partial charge on any atom is 0.446 e. The summed E-state index contributed by atoms with van der Waals surface area (Å²) in [5.74, 6) is 0. The Kier molecular flexibility index (Phi) is 5.35. The van der Waals surface area contributed by atoms with Gasteiger partial charge in [0.1, 0.15) is 0 Å². The highest BCUT2D eigenvalue weighted by molar-refractivity contribution is 7.13. The van der Waals surface area contributed by atoms with Crippen LogP contribution in [0.3, 0.4) is 0 Å². The van der Waals surface area contributed by atoms with E-state index in [0.717, 1.165) is 12.8 Å². The molecule has 0 amide bonds. The van der Waals surface area contributed by atoms with E-state index in [0.29, 0.717) is 0 Å². The summed E-state index contributed by atoms with van der Waals surface area (Å²) in [5, 5.41) is 0. The fourth-order valence-corrected chi connectivity index (χ4v) is 2.69. The topological polar surface area (TPSA) is 27.7 Å². The van der Waals surface area contributed by atoms with Crippen molar-refractivity contribution in [3.63, 3.8) is 0 Å². The number of hydrogen-bond donors (Lipinski definition) is 0. The SMILES string of the molecule is CCCC(C)(C)C(C)(C)OB(C)B1OC(C)(C)C(C)(C)O1. The lowest BCUT2D eigenvalue weighted by Crippen LogP contribution is -2.50. The maximum absolute atomic E-state index is 6.38. The lowest BCUT2D eigenvalue weighted by Gasteiger charge is -2.43. The van der Waals surface area contributed by atoms with Gasteiger partial charge in [-0.25, -0.2) is 0 Å². The van der Waals surface area contributed by atoms with Gasteiger partial charge in [0.25, 0.3) is 0 Å². The standard InChI is InChI=1S/C16H34B2O3/c1-11-12-13(2,3)14(4,5)19-17(10)18-20-15(6,7)16(8,9)21-18/h11-12H2,1-10H3. The second kappa shape index (κ2) is 5.90. The minimum Gasteiger partial charge on any atom is -0.432 e. The molecule has 21 heavy (non-hydrogen) atoms. The summed E-state index contributed by atoms with van der Waals surface area (Å²) in [6.45, 7) is 21.4. The van der Waals surface area contributed by atoms with Crippen molar-refractivity contribution in [1.29, 1.82) is 0 Å². The summed E-state index contributed by atoms with van der Waals surface area (Å²) in [4.78, 5) is 0. The van der Waals surface area contributed by atoms with Crippen LogP contribution in [0.2, 0.25) is 6.82 Å². The molecule has 1 aliphatic rings. The normalized spacial score (nSPS) is 21.7. The van der Waals surface area contributed by atoms with Gasteiger partial charge in [0, 0.05) is 0 Å². The van der Waals surface area contributed by atoms with Crippen LogP contribution in [0.4, 0.5) is 0 Å². The smallest absolute Gasteiger partial charge is 0.432 e. The Morgan fingerprint density at radius 1 is 1.00 bits per heavy atom. The molecule has 1 heterocycles. The van der Waals surface area contributed by atoms with E-state index in [2.05, 4.69) is 62.3 Å². The van der Waals surface area contributed by atoms with E-state index in [1.54, 1.807) is 0 Å². The zero-order chi connectivity index (χ0) is 16.7. The Morgan fingerprint density at radius 3 is 1.81 bits per heavy atom. The molecule has 0 unspecified atom stereocenters. The quantitative estimate of drug-likeness (QED) is 0.680. The molecule has 1 rings (SSSR count). The van der Waals surface area contributed by atoms with Crippen LogP contribution in [0.25, 0.3) is 0 Å². The van der Waals surface area contributed by atoms with Gasteiger partial charge in [-0.05, 0) is 53.4 Å². The molecule has 3 nitrogen and oxygen atoms in total. The first kappa shape index (κ1) is 19.1. The van der Waals surface area contributed by atoms with Crippen LogP contribution in [0.1, 0.15) is 75.2 Å². The van der Waals surface area contributed by atoms with Crippen LogP contribution < -0.4 is 0 Å². The number of rotatable bonds is 6. The van der Waals surface area contributed by atoms with E-state index in [-0.39, 0.29) is 36.0 Å². The summed E-state index contributed by atoms with van der Waals surface area (Å²) in [6.07, 6.45) is 2.29. The molecule has 5 heteroatoms. The van der Waals surface area contributed by atoms with Crippen molar-refractivity contribution in [3.05, 3.63) is 0 Å². The minimum atomic E-state index is -0.313. The predicted molar refractivity (Wildman–Crippen MR) is 91.6 cm³/mol. The van der Waals surface area contributed by atoms with E-state index >= 15 is 0 Å². The van der Waals surface area contributed by atoms with Crippen LogP contribution in [-0.2, 0) is 14.0 Å². The zero-order valence-electron chi connectivity index (χ0n) is 15.8. The van der Waals surface area contributed by atoms with E-state index < -0.39 is 0 Å². The Bertz CT molecular complexity index is 349. The summed E-state index contributed by atoms with van der Waals surface area (Å²) in [7, 11) is -0.313. The van der Waals surface area contributed by atoms with Crippen LogP contribution in [0.5, 0.6) is 0 Å². The molecule has 1 fully saturated rings. The van der Waals surface area contributed by atoms with Gasteiger partial charge in [0.2, 0.25) is 0 Å². The third-order valence-electron chi connectivity index (χ3n) is 5.64. The summed E-state index contributed by atoms with van der Waals surface area (Å²) < 4.78 is 18.6. The average molecular weight is 296 g/mol. The van der Waals surface area contributed by atoms with Gasteiger partial charge in [-0.15, -0.1) is 0 Å². The molecule has 1 saturated heterocycles. The summed E-state index contributed by atoms with van der Waals surface area (Å²) >= 11 is 0. The molecule has 0 radical (unpaired) electrons. The van der Waals surface area contributed by atoms with E-state index in [9.17, 15) is 0 Å².